The SMILES string of the molecule is CCOC(=O)/C=C/c1ccc(NC(=O)Cc2ccc(S(=O)(=O)N3CCCC3)s2)cc1. The Hall–Kier alpha value is -2.49. The Morgan fingerprint density at radius 3 is 2.50 bits per heavy atom. The molecule has 3 rings (SSSR count). The third-order valence-corrected chi connectivity index (χ3v) is 7.98. The number of nitrogens with one attached hydrogen (secondary N) is 1. The molecule has 1 saturated heterocycles. The zero-order valence-corrected chi connectivity index (χ0v) is 18.3. The zero-order valence-electron chi connectivity index (χ0n) is 16.7. The van der Waals surface area contributed by atoms with Crippen LogP contribution in [0.4, 0.5) is 5.69 Å². The van der Waals surface area contributed by atoms with Crippen molar-refractivity contribution in [2.24, 2.45) is 0 Å². The number of carbonyl (C=O) groups excluding carboxylic acids is 2. The predicted octanol–water partition coefficient (Wildman–Crippen LogP) is 3.29. The number of hydrogen-bond donors (Lipinski definition) is 1. The van der Waals surface area contributed by atoms with Crippen molar-refractivity contribution in [2.45, 2.75) is 30.4 Å². The predicted molar refractivity (Wildman–Crippen MR) is 117 cm³/mol. The molecule has 30 heavy (non-hydrogen) atoms. The summed E-state index contributed by atoms with van der Waals surface area (Å²) in [5, 5.41) is 2.80. The molecular formula is C21H24N2O5S2. The molecule has 9 heteroatoms. The lowest BCUT2D eigenvalue weighted by atomic mass is 10.2. The highest BCUT2D eigenvalue weighted by Crippen LogP contribution is 2.27. The van der Waals surface area contributed by atoms with E-state index in [1.807, 2.05) is 0 Å². The van der Waals surface area contributed by atoms with Crippen LogP contribution in [0.2, 0.25) is 0 Å². The van der Waals surface area contributed by atoms with Crippen LogP contribution < -0.4 is 5.32 Å². The zero-order chi connectivity index (χ0) is 21.6. The highest BCUT2D eigenvalue weighted by atomic mass is 32.2. The average molecular weight is 449 g/mol. The number of hydrogen-bond acceptors (Lipinski definition) is 6. The Bertz CT molecular complexity index is 1020. The molecule has 2 heterocycles. The quantitative estimate of drug-likeness (QED) is 0.494. The molecule has 0 saturated carbocycles. The fourth-order valence-electron chi connectivity index (χ4n) is 3.04. The van der Waals surface area contributed by atoms with Crippen LogP contribution in [0.5, 0.6) is 0 Å². The van der Waals surface area contributed by atoms with Crippen molar-refractivity contribution in [1.29, 1.82) is 0 Å². The molecule has 1 N–H and O–H groups in total. The number of ether oxygens (including phenoxy) is 1. The van der Waals surface area contributed by atoms with Gasteiger partial charge in [-0.05, 0) is 55.7 Å². The Morgan fingerprint density at radius 2 is 1.83 bits per heavy atom. The van der Waals surface area contributed by atoms with Crippen molar-refractivity contribution in [2.75, 3.05) is 25.0 Å². The van der Waals surface area contributed by atoms with Gasteiger partial charge in [0, 0.05) is 29.7 Å². The van der Waals surface area contributed by atoms with E-state index in [0.717, 1.165) is 29.7 Å². The minimum Gasteiger partial charge on any atom is -0.463 e. The summed E-state index contributed by atoms with van der Waals surface area (Å²) in [4.78, 5) is 24.4. The minimum absolute atomic E-state index is 0.102. The van der Waals surface area contributed by atoms with Gasteiger partial charge in [0.1, 0.15) is 4.21 Å². The van der Waals surface area contributed by atoms with Crippen LogP contribution >= 0.6 is 11.3 Å². The molecule has 0 aliphatic carbocycles. The summed E-state index contributed by atoms with van der Waals surface area (Å²) in [6.45, 7) is 3.18. The summed E-state index contributed by atoms with van der Waals surface area (Å²) >= 11 is 1.14. The maximum absolute atomic E-state index is 12.6. The van der Waals surface area contributed by atoms with Crippen molar-refractivity contribution in [1.82, 2.24) is 4.31 Å². The van der Waals surface area contributed by atoms with Gasteiger partial charge in [0.05, 0.1) is 13.0 Å². The molecule has 1 aromatic carbocycles. The van der Waals surface area contributed by atoms with Crippen LogP contribution in [0.15, 0.2) is 46.7 Å². The van der Waals surface area contributed by atoms with Crippen molar-refractivity contribution < 1.29 is 22.7 Å². The lowest BCUT2D eigenvalue weighted by Gasteiger charge is -2.13. The number of carbonyl (C=O) groups is 2. The van der Waals surface area contributed by atoms with E-state index in [1.165, 1.54) is 10.4 Å². The topological polar surface area (TPSA) is 92.8 Å². The van der Waals surface area contributed by atoms with Crippen molar-refractivity contribution >= 4 is 45.0 Å². The Labute approximate surface area is 180 Å². The van der Waals surface area contributed by atoms with Crippen LogP contribution in [-0.2, 0) is 30.8 Å². The number of benzene rings is 1. The molecule has 1 aromatic heterocycles. The number of sulfonamides is 1. The first-order valence-electron chi connectivity index (χ1n) is 9.72. The van der Waals surface area contributed by atoms with Crippen molar-refractivity contribution in [3.05, 3.63) is 52.9 Å². The molecule has 1 aliphatic heterocycles. The highest BCUT2D eigenvalue weighted by molar-refractivity contribution is 7.91. The smallest absolute Gasteiger partial charge is 0.330 e. The van der Waals surface area contributed by atoms with E-state index in [1.54, 1.807) is 49.4 Å². The van der Waals surface area contributed by atoms with Gasteiger partial charge in [0.25, 0.3) is 10.0 Å². The molecule has 1 aliphatic rings. The molecule has 0 radical (unpaired) electrons. The van der Waals surface area contributed by atoms with Gasteiger partial charge in [-0.1, -0.05) is 12.1 Å². The molecule has 2 aromatic rings. The first-order chi connectivity index (χ1) is 14.4. The van der Waals surface area contributed by atoms with Crippen molar-refractivity contribution in [3.63, 3.8) is 0 Å². The molecule has 1 fully saturated rings. The fraction of sp³-hybridized carbons (Fsp3) is 0.333. The second-order valence-electron chi connectivity index (χ2n) is 6.76. The number of rotatable bonds is 8. The molecule has 0 spiro atoms. The Kier molecular flexibility index (Phi) is 7.41. The molecule has 1 amide bonds. The Balaban J connectivity index is 1.56. The van der Waals surface area contributed by atoms with Gasteiger partial charge in [-0.2, -0.15) is 4.31 Å². The fourth-order valence-corrected chi connectivity index (χ4v) is 6.07. The molecule has 7 nitrogen and oxygen atoms in total. The molecule has 160 valence electrons. The molecule has 0 atom stereocenters. The normalized spacial score (nSPS) is 14.8. The number of nitrogens with zero attached hydrogens (tertiary/aromatic N) is 1. The van der Waals surface area contributed by atoms with Gasteiger partial charge in [-0.25, -0.2) is 13.2 Å². The largest absolute Gasteiger partial charge is 0.463 e. The lowest BCUT2D eigenvalue weighted by Crippen LogP contribution is -2.27. The third-order valence-electron chi connectivity index (χ3n) is 4.52. The van der Waals surface area contributed by atoms with Gasteiger partial charge in [-0.15, -0.1) is 11.3 Å². The van der Waals surface area contributed by atoms with Gasteiger partial charge in [-0.3, -0.25) is 4.79 Å². The lowest BCUT2D eigenvalue weighted by molar-refractivity contribution is -0.137. The second-order valence-corrected chi connectivity index (χ2v) is 10.1. The summed E-state index contributed by atoms with van der Waals surface area (Å²) in [6.07, 6.45) is 4.86. The van der Waals surface area contributed by atoms with Gasteiger partial charge < -0.3 is 10.1 Å². The standard InChI is InChI=1S/C21H24N2O5S2/c1-2-28-20(25)11-7-16-5-8-17(9-6-16)22-19(24)15-18-10-12-21(29-18)30(26,27)23-13-3-4-14-23/h5-12H,2-4,13-15H2,1H3,(H,22,24)/b11-7+. The van der Waals surface area contributed by atoms with Gasteiger partial charge >= 0.3 is 5.97 Å². The van der Waals surface area contributed by atoms with Crippen LogP contribution in [0, 0.1) is 0 Å². The van der Waals surface area contributed by atoms with Crippen LogP contribution in [-0.4, -0.2) is 44.3 Å². The summed E-state index contributed by atoms with van der Waals surface area (Å²) in [5.74, 6) is -0.631. The summed E-state index contributed by atoms with van der Waals surface area (Å²) in [5.41, 5.74) is 1.42. The summed E-state index contributed by atoms with van der Waals surface area (Å²) in [7, 11) is -3.45. The number of thiophene rings is 1. The van der Waals surface area contributed by atoms with Crippen LogP contribution in [0.1, 0.15) is 30.2 Å². The number of anilines is 1. The van der Waals surface area contributed by atoms with E-state index in [9.17, 15) is 18.0 Å². The first-order valence-corrected chi connectivity index (χ1v) is 12.0. The number of amides is 1. The molecule has 0 unspecified atom stereocenters. The molecular weight excluding hydrogens is 424 g/mol. The average Bonchev–Trinajstić information content (AvgIpc) is 3.40. The second kappa shape index (κ2) is 10.0. The van der Waals surface area contributed by atoms with Crippen LogP contribution in [0.3, 0.4) is 0 Å². The van der Waals surface area contributed by atoms with Gasteiger partial charge in [0.2, 0.25) is 5.91 Å². The van der Waals surface area contributed by atoms with Crippen molar-refractivity contribution in [3.8, 4) is 0 Å². The maximum atomic E-state index is 12.6. The van der Waals surface area contributed by atoms with E-state index in [2.05, 4.69) is 5.32 Å². The summed E-state index contributed by atoms with van der Waals surface area (Å²) < 4.78 is 31.8. The summed E-state index contributed by atoms with van der Waals surface area (Å²) in [6, 6.07) is 10.3. The maximum Gasteiger partial charge on any atom is 0.330 e. The monoisotopic (exact) mass is 448 g/mol. The van der Waals surface area contributed by atoms with Gasteiger partial charge in [0.15, 0.2) is 0 Å². The van der Waals surface area contributed by atoms with E-state index >= 15 is 0 Å². The minimum atomic E-state index is -3.45. The molecule has 0 bridgehead atoms. The van der Waals surface area contributed by atoms with E-state index in [0.29, 0.717) is 30.3 Å². The number of esters is 1. The Morgan fingerprint density at radius 1 is 1.13 bits per heavy atom. The van der Waals surface area contributed by atoms with E-state index < -0.39 is 16.0 Å². The first kappa shape index (κ1) is 22.2. The van der Waals surface area contributed by atoms with E-state index in [-0.39, 0.29) is 16.5 Å². The highest BCUT2D eigenvalue weighted by Gasteiger charge is 2.28. The third kappa shape index (κ3) is 5.78. The van der Waals surface area contributed by atoms with E-state index in [4.69, 9.17) is 4.74 Å². The van der Waals surface area contributed by atoms with Crippen LogP contribution in [0.25, 0.3) is 6.08 Å².